The number of nitrogens with zero attached hydrogens (tertiary/aromatic N) is 3. The number of aromatic nitrogens is 1. The molecule has 3 aromatic rings. The minimum atomic E-state index is -0.431. The number of carbonyl (C=O) groups is 3. The molecule has 0 bridgehead atoms. The first kappa shape index (κ1) is 26.8. The SMILES string of the molecule is CCCCN(C)CC(=O)N(C)c1ccc(C(=O)Nc2ccccc2C(=O)Nc2cc(Cl)ccn2)cc1. The highest BCUT2D eigenvalue weighted by atomic mass is 35.5. The second-order valence-corrected chi connectivity index (χ2v) is 8.84. The van der Waals surface area contributed by atoms with Crippen LogP contribution in [0.1, 0.15) is 40.5 Å². The highest BCUT2D eigenvalue weighted by Gasteiger charge is 2.17. The number of halogens is 1. The molecule has 0 aliphatic carbocycles. The lowest BCUT2D eigenvalue weighted by Gasteiger charge is -2.22. The van der Waals surface area contributed by atoms with E-state index in [-0.39, 0.29) is 17.4 Å². The number of carbonyl (C=O) groups excluding carboxylic acids is 3. The van der Waals surface area contributed by atoms with E-state index in [0.29, 0.717) is 34.3 Å². The summed E-state index contributed by atoms with van der Waals surface area (Å²) in [5.74, 6) is -0.532. The highest BCUT2D eigenvalue weighted by Crippen LogP contribution is 2.20. The van der Waals surface area contributed by atoms with E-state index in [0.717, 1.165) is 19.4 Å². The Balaban J connectivity index is 1.66. The molecule has 0 saturated carbocycles. The zero-order valence-corrected chi connectivity index (χ0v) is 21.4. The molecule has 0 saturated heterocycles. The molecule has 8 nitrogen and oxygen atoms in total. The quantitative estimate of drug-likeness (QED) is 0.405. The molecule has 188 valence electrons. The van der Waals surface area contributed by atoms with Crippen LogP contribution in [0.5, 0.6) is 0 Å². The van der Waals surface area contributed by atoms with Crippen molar-refractivity contribution in [1.82, 2.24) is 9.88 Å². The minimum Gasteiger partial charge on any atom is -0.321 e. The lowest BCUT2D eigenvalue weighted by Crippen LogP contribution is -2.37. The van der Waals surface area contributed by atoms with Crippen LogP contribution in [0.3, 0.4) is 0 Å². The van der Waals surface area contributed by atoms with E-state index < -0.39 is 5.91 Å². The molecule has 0 radical (unpaired) electrons. The Morgan fingerprint density at radius 3 is 2.36 bits per heavy atom. The van der Waals surface area contributed by atoms with Crippen molar-refractivity contribution in [3.8, 4) is 0 Å². The third kappa shape index (κ3) is 7.37. The van der Waals surface area contributed by atoms with Gasteiger partial charge >= 0.3 is 0 Å². The Hall–Kier alpha value is -3.75. The maximum absolute atomic E-state index is 12.9. The first-order valence-electron chi connectivity index (χ1n) is 11.7. The zero-order valence-electron chi connectivity index (χ0n) is 20.6. The summed E-state index contributed by atoms with van der Waals surface area (Å²) >= 11 is 5.96. The van der Waals surface area contributed by atoms with Gasteiger partial charge in [0.25, 0.3) is 11.8 Å². The van der Waals surface area contributed by atoms with Crippen LogP contribution in [0.4, 0.5) is 17.2 Å². The topological polar surface area (TPSA) is 94.6 Å². The van der Waals surface area contributed by atoms with Gasteiger partial charge in [0.2, 0.25) is 5.91 Å². The van der Waals surface area contributed by atoms with E-state index in [1.54, 1.807) is 66.5 Å². The van der Waals surface area contributed by atoms with Gasteiger partial charge in [0.15, 0.2) is 0 Å². The number of anilines is 3. The molecular weight excluding hydrogens is 478 g/mol. The Bertz CT molecular complexity index is 1220. The number of para-hydroxylation sites is 1. The van der Waals surface area contributed by atoms with E-state index in [9.17, 15) is 14.4 Å². The molecule has 0 aliphatic rings. The summed E-state index contributed by atoms with van der Waals surface area (Å²) in [5, 5.41) is 5.91. The number of amides is 3. The second kappa shape index (κ2) is 12.8. The van der Waals surface area contributed by atoms with Crippen molar-refractivity contribution in [2.75, 3.05) is 42.7 Å². The Kier molecular flexibility index (Phi) is 9.55. The molecule has 0 aliphatic heterocycles. The Labute approximate surface area is 216 Å². The average Bonchev–Trinajstić information content (AvgIpc) is 2.87. The molecule has 1 aromatic heterocycles. The Morgan fingerprint density at radius 2 is 1.67 bits per heavy atom. The van der Waals surface area contributed by atoms with E-state index in [4.69, 9.17) is 11.6 Å². The largest absolute Gasteiger partial charge is 0.321 e. The second-order valence-electron chi connectivity index (χ2n) is 8.40. The number of rotatable bonds is 10. The lowest BCUT2D eigenvalue weighted by molar-refractivity contribution is -0.119. The van der Waals surface area contributed by atoms with Crippen LogP contribution in [-0.2, 0) is 4.79 Å². The van der Waals surface area contributed by atoms with Gasteiger partial charge in [0.05, 0.1) is 17.8 Å². The predicted octanol–water partition coefficient (Wildman–Crippen LogP) is 4.93. The van der Waals surface area contributed by atoms with Crippen LogP contribution in [0.2, 0.25) is 5.02 Å². The summed E-state index contributed by atoms with van der Waals surface area (Å²) in [5.41, 5.74) is 1.72. The fraction of sp³-hybridized carbons (Fsp3) is 0.259. The van der Waals surface area contributed by atoms with Crippen molar-refractivity contribution in [2.45, 2.75) is 19.8 Å². The van der Waals surface area contributed by atoms with Gasteiger partial charge in [-0.25, -0.2) is 4.98 Å². The predicted molar refractivity (Wildman–Crippen MR) is 144 cm³/mol. The first-order valence-corrected chi connectivity index (χ1v) is 12.0. The van der Waals surface area contributed by atoms with Gasteiger partial charge in [-0.3, -0.25) is 19.3 Å². The fourth-order valence-corrected chi connectivity index (χ4v) is 3.63. The molecule has 0 atom stereocenters. The zero-order chi connectivity index (χ0) is 26.1. The molecule has 2 N–H and O–H groups in total. The summed E-state index contributed by atoms with van der Waals surface area (Å²) in [6.45, 7) is 3.30. The molecule has 2 aromatic carbocycles. The smallest absolute Gasteiger partial charge is 0.258 e. The van der Waals surface area contributed by atoms with Gasteiger partial charge in [0, 0.05) is 29.5 Å². The van der Waals surface area contributed by atoms with Crippen molar-refractivity contribution in [3.63, 3.8) is 0 Å². The maximum atomic E-state index is 12.9. The van der Waals surface area contributed by atoms with E-state index in [2.05, 4.69) is 22.5 Å². The summed E-state index contributed by atoms with van der Waals surface area (Å²) < 4.78 is 0. The van der Waals surface area contributed by atoms with Crippen LogP contribution in [-0.4, -0.2) is 54.8 Å². The minimum absolute atomic E-state index is 0.0278. The van der Waals surface area contributed by atoms with Crippen molar-refractivity contribution in [2.24, 2.45) is 0 Å². The number of nitrogens with one attached hydrogen (secondary N) is 2. The van der Waals surface area contributed by atoms with Crippen LogP contribution in [0.25, 0.3) is 0 Å². The molecule has 0 spiro atoms. The normalized spacial score (nSPS) is 10.7. The van der Waals surface area contributed by atoms with Crippen LogP contribution in [0, 0.1) is 0 Å². The van der Waals surface area contributed by atoms with Gasteiger partial charge < -0.3 is 15.5 Å². The molecular formula is C27H30ClN5O3. The summed E-state index contributed by atoms with van der Waals surface area (Å²) in [7, 11) is 3.65. The number of likely N-dealkylation sites (N-methyl/N-ethyl adjacent to an activating group) is 2. The first-order chi connectivity index (χ1) is 17.3. The third-order valence-electron chi connectivity index (χ3n) is 5.57. The van der Waals surface area contributed by atoms with Crippen molar-refractivity contribution < 1.29 is 14.4 Å². The van der Waals surface area contributed by atoms with Gasteiger partial charge in [-0.05, 0) is 68.5 Å². The summed E-state index contributed by atoms with van der Waals surface area (Å²) in [4.78, 5) is 45.9. The van der Waals surface area contributed by atoms with Crippen molar-refractivity contribution in [3.05, 3.63) is 83.0 Å². The monoisotopic (exact) mass is 507 g/mol. The molecule has 0 unspecified atom stereocenters. The summed E-state index contributed by atoms with van der Waals surface area (Å²) in [6, 6.07) is 16.6. The van der Waals surface area contributed by atoms with Gasteiger partial charge in [-0.2, -0.15) is 0 Å². The molecule has 0 fully saturated rings. The van der Waals surface area contributed by atoms with Crippen LogP contribution in [0.15, 0.2) is 66.9 Å². The van der Waals surface area contributed by atoms with E-state index >= 15 is 0 Å². The number of pyridine rings is 1. The molecule has 3 amide bonds. The van der Waals surface area contributed by atoms with E-state index in [1.165, 1.54) is 12.3 Å². The number of hydrogen-bond donors (Lipinski definition) is 2. The summed E-state index contributed by atoms with van der Waals surface area (Å²) in [6.07, 6.45) is 3.61. The molecule has 1 heterocycles. The van der Waals surface area contributed by atoms with Crippen molar-refractivity contribution >= 4 is 46.5 Å². The van der Waals surface area contributed by atoms with Crippen molar-refractivity contribution in [1.29, 1.82) is 0 Å². The van der Waals surface area contributed by atoms with Crippen LogP contribution < -0.4 is 15.5 Å². The number of hydrogen-bond acceptors (Lipinski definition) is 5. The fourth-order valence-electron chi connectivity index (χ4n) is 3.47. The van der Waals surface area contributed by atoms with Gasteiger partial charge in [0.1, 0.15) is 5.82 Å². The number of unbranched alkanes of at least 4 members (excludes halogenated alkanes) is 1. The molecule has 3 rings (SSSR count). The lowest BCUT2D eigenvalue weighted by atomic mass is 10.1. The standard InChI is InChI=1S/C27H30ClN5O3/c1-4-5-16-32(2)18-25(34)33(3)21-12-10-19(11-13-21)26(35)30-23-9-7-6-8-22(23)27(36)31-24-17-20(28)14-15-29-24/h6-15,17H,4-5,16,18H2,1-3H3,(H,30,35)(H,29,31,36). The molecule has 36 heavy (non-hydrogen) atoms. The van der Waals surface area contributed by atoms with Gasteiger partial charge in [-0.15, -0.1) is 0 Å². The highest BCUT2D eigenvalue weighted by molar-refractivity contribution is 6.30. The number of benzene rings is 2. The van der Waals surface area contributed by atoms with Crippen LogP contribution >= 0.6 is 11.6 Å². The van der Waals surface area contributed by atoms with E-state index in [1.807, 2.05) is 11.9 Å². The average molecular weight is 508 g/mol. The maximum Gasteiger partial charge on any atom is 0.258 e. The molecule has 9 heteroatoms. The Morgan fingerprint density at radius 1 is 0.944 bits per heavy atom. The third-order valence-corrected chi connectivity index (χ3v) is 5.81. The van der Waals surface area contributed by atoms with Gasteiger partial charge in [-0.1, -0.05) is 37.1 Å².